The molecule has 21 heavy (non-hydrogen) atoms. The van der Waals surface area contributed by atoms with Gasteiger partial charge in [0.1, 0.15) is 12.6 Å². The van der Waals surface area contributed by atoms with Crippen molar-refractivity contribution in [2.45, 2.75) is 31.8 Å². The summed E-state index contributed by atoms with van der Waals surface area (Å²) in [5, 5.41) is 2.45. The van der Waals surface area contributed by atoms with E-state index >= 15 is 0 Å². The lowest BCUT2D eigenvalue weighted by atomic mass is 9.87. The van der Waals surface area contributed by atoms with E-state index in [1.807, 2.05) is 6.07 Å². The van der Waals surface area contributed by atoms with Crippen molar-refractivity contribution < 1.29 is 14.8 Å². The molecule has 0 fully saturated rings. The molecule has 0 radical (unpaired) electrons. The molecule has 2 aromatic carbocycles. The van der Waals surface area contributed by atoms with E-state index in [1.54, 1.807) is 0 Å². The van der Waals surface area contributed by atoms with Gasteiger partial charge in [0.05, 0.1) is 0 Å². The molecule has 1 aliphatic carbocycles. The molecular weight excluding hydrogens is 262 g/mol. The van der Waals surface area contributed by atoms with Gasteiger partial charge in [-0.25, -0.2) is 0 Å². The Labute approximate surface area is 124 Å². The Bertz CT molecular complexity index is 653. The Morgan fingerprint density at radius 3 is 2.95 bits per heavy atom. The average molecular weight is 282 g/mol. The van der Waals surface area contributed by atoms with Crippen molar-refractivity contribution in [1.82, 2.24) is 0 Å². The van der Waals surface area contributed by atoms with Crippen molar-refractivity contribution in [3.63, 3.8) is 0 Å². The maximum absolute atomic E-state index is 5.45. The fourth-order valence-corrected chi connectivity index (χ4v) is 3.38. The van der Waals surface area contributed by atoms with Crippen LogP contribution in [0.1, 0.15) is 35.6 Å². The molecule has 2 aliphatic rings. The minimum atomic E-state index is 0.346. The summed E-state index contributed by atoms with van der Waals surface area (Å²) in [6, 6.07) is 15.7. The summed E-state index contributed by atoms with van der Waals surface area (Å²) in [6.07, 6.45) is 3.78. The SMILES string of the molecule is c1ccc2c(c1)CCC[C@@H]2[NH2+]Cc1ccc2c(c1)OCO2. The summed E-state index contributed by atoms with van der Waals surface area (Å²) in [5.41, 5.74) is 4.34. The van der Waals surface area contributed by atoms with Crippen molar-refractivity contribution in [3.8, 4) is 11.5 Å². The van der Waals surface area contributed by atoms with E-state index in [9.17, 15) is 0 Å². The van der Waals surface area contributed by atoms with E-state index in [4.69, 9.17) is 9.47 Å². The van der Waals surface area contributed by atoms with Crippen LogP contribution in [-0.4, -0.2) is 6.79 Å². The summed E-state index contributed by atoms with van der Waals surface area (Å²) in [7, 11) is 0. The number of benzene rings is 2. The Morgan fingerprint density at radius 1 is 1.05 bits per heavy atom. The predicted molar refractivity (Wildman–Crippen MR) is 80.3 cm³/mol. The van der Waals surface area contributed by atoms with Gasteiger partial charge < -0.3 is 14.8 Å². The third-order valence-corrected chi connectivity index (χ3v) is 4.49. The molecular formula is C18H20NO2+. The van der Waals surface area contributed by atoms with E-state index < -0.39 is 0 Å². The number of aryl methyl sites for hydroxylation is 1. The Morgan fingerprint density at radius 2 is 1.95 bits per heavy atom. The first kappa shape index (κ1) is 12.7. The molecule has 3 heteroatoms. The van der Waals surface area contributed by atoms with E-state index in [-0.39, 0.29) is 0 Å². The van der Waals surface area contributed by atoms with Crippen molar-refractivity contribution in [2.24, 2.45) is 0 Å². The van der Waals surface area contributed by atoms with Crippen LogP contribution in [0.4, 0.5) is 0 Å². The molecule has 1 heterocycles. The van der Waals surface area contributed by atoms with Gasteiger partial charge in [0, 0.05) is 17.5 Å². The summed E-state index contributed by atoms with van der Waals surface area (Å²) < 4.78 is 10.8. The molecule has 1 atom stereocenters. The highest BCUT2D eigenvalue weighted by Crippen LogP contribution is 2.32. The van der Waals surface area contributed by atoms with Crippen molar-refractivity contribution in [2.75, 3.05) is 6.79 Å². The van der Waals surface area contributed by atoms with E-state index in [1.165, 1.54) is 36.0 Å². The Balaban J connectivity index is 1.48. The van der Waals surface area contributed by atoms with Gasteiger partial charge in [-0.1, -0.05) is 24.3 Å². The van der Waals surface area contributed by atoms with Gasteiger partial charge >= 0.3 is 0 Å². The van der Waals surface area contributed by atoms with Crippen molar-refractivity contribution in [1.29, 1.82) is 0 Å². The molecule has 2 aromatic rings. The zero-order valence-electron chi connectivity index (χ0n) is 12.0. The average Bonchev–Trinajstić information content (AvgIpc) is 3.00. The first-order valence-electron chi connectivity index (χ1n) is 7.70. The van der Waals surface area contributed by atoms with E-state index in [0.717, 1.165) is 18.0 Å². The monoisotopic (exact) mass is 282 g/mol. The van der Waals surface area contributed by atoms with Gasteiger partial charge in [0.2, 0.25) is 6.79 Å². The van der Waals surface area contributed by atoms with Crippen molar-refractivity contribution in [3.05, 3.63) is 59.2 Å². The molecule has 0 saturated carbocycles. The highest BCUT2D eigenvalue weighted by Gasteiger charge is 2.22. The number of fused-ring (bicyclic) bond motifs is 2. The zero-order valence-corrected chi connectivity index (χ0v) is 12.0. The molecule has 4 rings (SSSR count). The maximum Gasteiger partial charge on any atom is 0.231 e. The lowest BCUT2D eigenvalue weighted by Crippen LogP contribution is -2.84. The molecule has 1 aliphatic heterocycles. The molecule has 0 spiro atoms. The number of rotatable bonds is 3. The van der Waals surface area contributed by atoms with Gasteiger partial charge in [0.25, 0.3) is 0 Å². The van der Waals surface area contributed by atoms with E-state index in [0.29, 0.717) is 12.8 Å². The smallest absolute Gasteiger partial charge is 0.231 e. The summed E-state index contributed by atoms with van der Waals surface area (Å²) in [5.74, 6) is 1.74. The third-order valence-electron chi connectivity index (χ3n) is 4.49. The van der Waals surface area contributed by atoms with Crippen LogP contribution in [0.3, 0.4) is 0 Å². The Kier molecular flexibility index (Phi) is 3.28. The largest absolute Gasteiger partial charge is 0.454 e. The molecule has 0 saturated heterocycles. The van der Waals surface area contributed by atoms with Gasteiger partial charge in [-0.2, -0.15) is 0 Å². The van der Waals surface area contributed by atoms with Gasteiger partial charge in [-0.05, 0) is 36.6 Å². The standard InChI is InChI=1S/C18H19NO2/c1-2-6-15-14(4-1)5-3-7-16(15)19-11-13-8-9-17-18(10-13)21-12-20-17/h1-2,4,6,8-10,16,19H,3,5,7,11-12H2/p+1/t16-/m0/s1. The van der Waals surface area contributed by atoms with Crippen LogP contribution in [0.5, 0.6) is 11.5 Å². The second kappa shape index (κ2) is 5.41. The molecule has 0 aromatic heterocycles. The number of hydrogen-bond donors (Lipinski definition) is 1. The molecule has 0 bridgehead atoms. The van der Waals surface area contributed by atoms with Crippen LogP contribution < -0.4 is 14.8 Å². The van der Waals surface area contributed by atoms with Crippen molar-refractivity contribution >= 4 is 0 Å². The summed E-state index contributed by atoms with van der Waals surface area (Å²) >= 11 is 0. The lowest BCUT2D eigenvalue weighted by Gasteiger charge is -2.23. The summed E-state index contributed by atoms with van der Waals surface area (Å²) in [4.78, 5) is 0. The first-order chi connectivity index (χ1) is 10.4. The highest BCUT2D eigenvalue weighted by molar-refractivity contribution is 5.44. The number of hydrogen-bond acceptors (Lipinski definition) is 2. The normalized spacial score (nSPS) is 19.3. The fourth-order valence-electron chi connectivity index (χ4n) is 3.38. The lowest BCUT2D eigenvalue weighted by molar-refractivity contribution is -0.712. The second-order valence-corrected chi connectivity index (χ2v) is 5.82. The summed E-state index contributed by atoms with van der Waals surface area (Å²) in [6.45, 7) is 1.33. The molecule has 108 valence electrons. The molecule has 0 unspecified atom stereocenters. The maximum atomic E-state index is 5.45. The molecule has 3 nitrogen and oxygen atoms in total. The fraction of sp³-hybridized carbons (Fsp3) is 0.333. The van der Waals surface area contributed by atoms with Gasteiger partial charge in [-0.15, -0.1) is 0 Å². The first-order valence-corrected chi connectivity index (χ1v) is 7.70. The third kappa shape index (κ3) is 2.49. The topological polar surface area (TPSA) is 35.1 Å². The Hall–Kier alpha value is -2.00. The predicted octanol–water partition coefficient (Wildman–Crippen LogP) is 2.56. The number of quaternary nitrogens is 1. The highest BCUT2D eigenvalue weighted by atomic mass is 16.7. The minimum Gasteiger partial charge on any atom is -0.454 e. The second-order valence-electron chi connectivity index (χ2n) is 5.82. The van der Waals surface area contributed by atoms with Crippen LogP contribution in [0, 0.1) is 0 Å². The number of ether oxygens (including phenoxy) is 2. The van der Waals surface area contributed by atoms with E-state index in [2.05, 4.69) is 41.7 Å². The number of nitrogens with two attached hydrogens (primary N) is 1. The van der Waals surface area contributed by atoms with Crippen LogP contribution in [0.2, 0.25) is 0 Å². The molecule has 2 N–H and O–H groups in total. The minimum absolute atomic E-state index is 0.346. The van der Waals surface area contributed by atoms with Crippen LogP contribution >= 0.6 is 0 Å². The van der Waals surface area contributed by atoms with Crippen LogP contribution in [-0.2, 0) is 13.0 Å². The van der Waals surface area contributed by atoms with Crippen LogP contribution in [0.25, 0.3) is 0 Å². The zero-order chi connectivity index (χ0) is 14.1. The van der Waals surface area contributed by atoms with Gasteiger partial charge in [0.15, 0.2) is 11.5 Å². The molecule has 0 amide bonds. The van der Waals surface area contributed by atoms with Crippen LogP contribution in [0.15, 0.2) is 42.5 Å². The quantitative estimate of drug-likeness (QED) is 0.939. The van der Waals surface area contributed by atoms with Gasteiger partial charge in [-0.3, -0.25) is 0 Å².